The summed E-state index contributed by atoms with van der Waals surface area (Å²) in [4.78, 5) is 4.36. The molecule has 1 aromatic rings. The molecule has 0 saturated heterocycles. The Hall–Kier alpha value is -1.71. The van der Waals surface area contributed by atoms with Crippen molar-refractivity contribution < 1.29 is 4.74 Å². The average Bonchev–Trinajstić information content (AvgIpc) is 2.74. The number of rotatable bonds is 3. The van der Waals surface area contributed by atoms with Gasteiger partial charge in [-0.05, 0) is 31.0 Å². The van der Waals surface area contributed by atoms with Gasteiger partial charge >= 0.3 is 0 Å². The zero-order chi connectivity index (χ0) is 12.3. The van der Waals surface area contributed by atoms with E-state index in [1.807, 2.05) is 6.92 Å². The van der Waals surface area contributed by atoms with E-state index < -0.39 is 0 Å². The summed E-state index contributed by atoms with van der Waals surface area (Å²) in [5, 5.41) is 6.55. The van der Waals surface area contributed by atoms with Crippen LogP contribution in [0.15, 0.2) is 23.2 Å². The van der Waals surface area contributed by atoms with Crippen molar-refractivity contribution in [3.05, 3.63) is 29.3 Å². The van der Waals surface area contributed by atoms with Gasteiger partial charge in [0.1, 0.15) is 5.75 Å². The van der Waals surface area contributed by atoms with Crippen LogP contribution in [0.25, 0.3) is 0 Å². The molecule has 1 unspecified atom stereocenters. The molecule has 4 heteroatoms. The Morgan fingerprint density at radius 1 is 1.53 bits per heavy atom. The highest BCUT2D eigenvalue weighted by Gasteiger charge is 2.11. The third-order valence-corrected chi connectivity index (χ3v) is 2.84. The van der Waals surface area contributed by atoms with Gasteiger partial charge in [0.05, 0.1) is 13.7 Å². The normalized spacial score (nSPS) is 18.5. The molecule has 2 N–H and O–H groups in total. The fourth-order valence-electron chi connectivity index (χ4n) is 1.82. The second-order valence-corrected chi connectivity index (χ2v) is 4.39. The minimum atomic E-state index is 0.435. The van der Waals surface area contributed by atoms with E-state index in [-0.39, 0.29) is 0 Å². The van der Waals surface area contributed by atoms with Crippen LogP contribution in [0.4, 0.5) is 0 Å². The number of guanidine groups is 1. The lowest BCUT2D eigenvalue weighted by atomic mass is 10.1. The van der Waals surface area contributed by atoms with Crippen molar-refractivity contribution in [3.8, 4) is 5.75 Å². The van der Waals surface area contributed by atoms with Crippen LogP contribution in [0.1, 0.15) is 18.1 Å². The lowest BCUT2D eigenvalue weighted by Crippen LogP contribution is -2.37. The first-order valence-corrected chi connectivity index (χ1v) is 5.87. The lowest BCUT2D eigenvalue weighted by molar-refractivity contribution is 0.411. The number of hydrogen-bond acceptors (Lipinski definition) is 4. The molecule has 0 radical (unpaired) electrons. The van der Waals surface area contributed by atoms with E-state index in [0.29, 0.717) is 6.04 Å². The smallest absolute Gasteiger partial charge is 0.191 e. The molecule has 1 atom stereocenters. The van der Waals surface area contributed by atoms with Gasteiger partial charge in [-0.1, -0.05) is 12.1 Å². The van der Waals surface area contributed by atoms with Gasteiger partial charge < -0.3 is 15.4 Å². The Morgan fingerprint density at radius 2 is 2.35 bits per heavy atom. The third kappa shape index (κ3) is 2.90. The van der Waals surface area contributed by atoms with Crippen LogP contribution in [0.2, 0.25) is 0 Å². The summed E-state index contributed by atoms with van der Waals surface area (Å²) in [6.07, 6.45) is 0. The average molecular weight is 233 g/mol. The summed E-state index contributed by atoms with van der Waals surface area (Å²) < 4.78 is 5.30. The standard InChI is InChI=1S/C13H19N3O/c1-9-4-5-11(6-12(9)17-3)8-15-13-14-7-10(2)16-13/h4-6,10H,7-8H2,1-3H3,(H2,14,15,16). The maximum Gasteiger partial charge on any atom is 0.191 e. The van der Waals surface area contributed by atoms with Crippen molar-refractivity contribution in [2.24, 2.45) is 4.99 Å². The summed E-state index contributed by atoms with van der Waals surface area (Å²) in [5.74, 6) is 1.82. The molecular weight excluding hydrogens is 214 g/mol. The van der Waals surface area contributed by atoms with E-state index in [4.69, 9.17) is 4.74 Å². The molecule has 0 spiro atoms. The van der Waals surface area contributed by atoms with Crippen molar-refractivity contribution in [1.29, 1.82) is 0 Å². The Kier molecular flexibility index (Phi) is 3.52. The Balaban J connectivity index is 1.95. The van der Waals surface area contributed by atoms with Gasteiger partial charge in [-0.2, -0.15) is 0 Å². The molecule has 1 heterocycles. The van der Waals surface area contributed by atoms with Crippen molar-refractivity contribution in [1.82, 2.24) is 10.6 Å². The second kappa shape index (κ2) is 5.08. The number of benzene rings is 1. The fourth-order valence-corrected chi connectivity index (χ4v) is 1.82. The molecule has 0 saturated carbocycles. The maximum atomic E-state index is 5.30. The van der Waals surface area contributed by atoms with Crippen LogP contribution >= 0.6 is 0 Å². The summed E-state index contributed by atoms with van der Waals surface area (Å²) >= 11 is 0. The van der Waals surface area contributed by atoms with Gasteiger partial charge in [-0.25, -0.2) is 0 Å². The first kappa shape index (κ1) is 11.8. The van der Waals surface area contributed by atoms with Gasteiger partial charge in [0.15, 0.2) is 5.96 Å². The molecule has 0 aromatic heterocycles. The maximum absolute atomic E-state index is 5.30. The monoisotopic (exact) mass is 233 g/mol. The van der Waals surface area contributed by atoms with E-state index in [9.17, 15) is 0 Å². The summed E-state index contributed by atoms with van der Waals surface area (Å²) in [6.45, 7) is 5.77. The first-order valence-electron chi connectivity index (χ1n) is 5.87. The zero-order valence-electron chi connectivity index (χ0n) is 10.6. The minimum Gasteiger partial charge on any atom is -0.496 e. The Morgan fingerprint density at radius 3 is 3.00 bits per heavy atom. The van der Waals surface area contributed by atoms with Gasteiger partial charge in [0, 0.05) is 12.6 Å². The van der Waals surface area contributed by atoms with E-state index in [1.165, 1.54) is 5.56 Å². The lowest BCUT2D eigenvalue weighted by Gasteiger charge is -2.10. The first-order chi connectivity index (χ1) is 8.19. The molecule has 0 fully saturated rings. The third-order valence-electron chi connectivity index (χ3n) is 2.84. The Labute approximate surface area is 102 Å². The molecular formula is C13H19N3O. The number of nitrogens with zero attached hydrogens (tertiary/aromatic N) is 1. The fraction of sp³-hybridized carbons (Fsp3) is 0.462. The molecule has 1 aromatic carbocycles. The highest BCUT2D eigenvalue weighted by molar-refractivity contribution is 5.81. The van der Waals surface area contributed by atoms with Crippen LogP contribution in [0, 0.1) is 6.92 Å². The summed E-state index contributed by atoms with van der Waals surface area (Å²) in [6, 6.07) is 6.66. The van der Waals surface area contributed by atoms with Crippen LogP contribution in [-0.4, -0.2) is 25.7 Å². The molecule has 17 heavy (non-hydrogen) atoms. The van der Waals surface area contributed by atoms with E-state index in [1.54, 1.807) is 7.11 Å². The number of methoxy groups -OCH3 is 1. The minimum absolute atomic E-state index is 0.435. The van der Waals surface area contributed by atoms with Gasteiger partial charge in [-0.3, -0.25) is 4.99 Å². The van der Waals surface area contributed by atoms with Crippen LogP contribution < -0.4 is 15.4 Å². The molecule has 92 valence electrons. The van der Waals surface area contributed by atoms with E-state index in [0.717, 1.165) is 30.4 Å². The zero-order valence-corrected chi connectivity index (χ0v) is 10.6. The number of hydrogen-bond donors (Lipinski definition) is 2. The van der Waals surface area contributed by atoms with Gasteiger partial charge in [0.2, 0.25) is 0 Å². The molecule has 1 aliphatic rings. The molecule has 0 amide bonds. The number of aliphatic imine (C=N–C) groups is 1. The van der Waals surface area contributed by atoms with Gasteiger partial charge in [-0.15, -0.1) is 0 Å². The van der Waals surface area contributed by atoms with Gasteiger partial charge in [0.25, 0.3) is 0 Å². The van der Waals surface area contributed by atoms with Crippen LogP contribution in [0.5, 0.6) is 5.75 Å². The SMILES string of the molecule is COc1cc(CNC2=NCC(C)N2)ccc1C. The predicted octanol–water partition coefficient (Wildman–Crippen LogP) is 1.44. The van der Waals surface area contributed by atoms with Crippen molar-refractivity contribution >= 4 is 5.96 Å². The quantitative estimate of drug-likeness (QED) is 0.830. The second-order valence-electron chi connectivity index (χ2n) is 4.39. The molecule has 4 nitrogen and oxygen atoms in total. The van der Waals surface area contributed by atoms with Crippen LogP contribution in [-0.2, 0) is 6.54 Å². The van der Waals surface area contributed by atoms with E-state index >= 15 is 0 Å². The highest BCUT2D eigenvalue weighted by Crippen LogP contribution is 2.18. The number of ether oxygens (including phenoxy) is 1. The highest BCUT2D eigenvalue weighted by atomic mass is 16.5. The molecule has 0 aliphatic carbocycles. The summed E-state index contributed by atoms with van der Waals surface area (Å²) in [7, 11) is 1.70. The van der Waals surface area contributed by atoms with E-state index in [2.05, 4.69) is 40.7 Å². The van der Waals surface area contributed by atoms with Crippen molar-refractivity contribution in [2.75, 3.05) is 13.7 Å². The number of nitrogens with one attached hydrogen (secondary N) is 2. The largest absolute Gasteiger partial charge is 0.496 e. The predicted molar refractivity (Wildman–Crippen MR) is 69.5 cm³/mol. The molecule has 2 rings (SSSR count). The number of aryl methyl sites for hydroxylation is 1. The van der Waals surface area contributed by atoms with Crippen molar-refractivity contribution in [2.45, 2.75) is 26.4 Å². The topological polar surface area (TPSA) is 45.6 Å². The Bertz CT molecular complexity index is 429. The summed E-state index contributed by atoms with van der Waals surface area (Å²) in [5.41, 5.74) is 2.35. The van der Waals surface area contributed by atoms with Crippen LogP contribution in [0.3, 0.4) is 0 Å². The molecule has 1 aliphatic heterocycles. The van der Waals surface area contributed by atoms with Crippen molar-refractivity contribution in [3.63, 3.8) is 0 Å². The molecule has 0 bridgehead atoms.